The molecule has 0 aromatic carbocycles. The minimum Gasteiger partial charge on any atom is -0.475 e. The molecule has 1 heterocycles. The van der Waals surface area contributed by atoms with E-state index < -0.39 is 6.10 Å². The second kappa shape index (κ2) is 8.28. The van der Waals surface area contributed by atoms with E-state index >= 15 is 0 Å². The van der Waals surface area contributed by atoms with Crippen LogP contribution in [0.25, 0.3) is 0 Å². The maximum absolute atomic E-state index is 12.9. The molecule has 4 aliphatic carbocycles. The number of pyridine rings is 1. The van der Waals surface area contributed by atoms with Gasteiger partial charge < -0.3 is 20.5 Å². The van der Waals surface area contributed by atoms with Gasteiger partial charge in [0.25, 0.3) is 5.91 Å². The molecule has 5 rings (SSSR count). The highest BCUT2D eigenvalue weighted by atomic mass is 79.9. The first kappa shape index (κ1) is 20.1. The number of hydrogen-bond donors (Lipinski definition) is 3. The zero-order valence-electron chi connectivity index (χ0n) is 16.4. The van der Waals surface area contributed by atoms with Crippen molar-refractivity contribution in [3.05, 3.63) is 22.3 Å². The van der Waals surface area contributed by atoms with Crippen LogP contribution in [0.1, 0.15) is 48.9 Å². The fourth-order valence-corrected chi connectivity index (χ4v) is 6.41. The number of carbonyl (C=O) groups excluding carboxylic acids is 1. The van der Waals surface area contributed by atoms with Crippen molar-refractivity contribution in [1.29, 1.82) is 0 Å². The average molecular weight is 452 g/mol. The van der Waals surface area contributed by atoms with Gasteiger partial charge in [0, 0.05) is 29.8 Å². The monoisotopic (exact) mass is 451 g/mol. The number of rotatable bonds is 8. The molecular formula is C21H30BrN3O3. The molecule has 3 N–H and O–H groups in total. The molecule has 0 aliphatic heterocycles. The molecule has 7 heteroatoms. The number of nitrogens with zero attached hydrogens (tertiary/aromatic N) is 1. The average Bonchev–Trinajstić information content (AvgIpc) is 2.65. The Labute approximate surface area is 175 Å². The quantitative estimate of drug-likeness (QED) is 0.565. The van der Waals surface area contributed by atoms with Crippen LogP contribution in [0.4, 0.5) is 0 Å². The summed E-state index contributed by atoms with van der Waals surface area (Å²) in [6, 6.07) is 1.64. The third kappa shape index (κ3) is 4.36. The zero-order valence-corrected chi connectivity index (χ0v) is 18.0. The third-order valence-corrected chi connectivity index (χ3v) is 7.36. The summed E-state index contributed by atoms with van der Waals surface area (Å²) in [5, 5.41) is 15.9. The number of likely N-dealkylation sites (N-methyl/N-ethyl adjacent to an activating group) is 1. The first-order valence-corrected chi connectivity index (χ1v) is 11.1. The summed E-state index contributed by atoms with van der Waals surface area (Å²) in [6.07, 6.45) is 9.00. The van der Waals surface area contributed by atoms with Crippen molar-refractivity contribution in [3.8, 4) is 5.88 Å². The smallest absolute Gasteiger partial charge is 0.252 e. The lowest BCUT2D eigenvalue weighted by molar-refractivity contribution is -0.0503. The lowest BCUT2D eigenvalue weighted by atomic mass is 9.49. The van der Waals surface area contributed by atoms with Gasteiger partial charge in [-0.1, -0.05) is 0 Å². The molecule has 4 bridgehead atoms. The predicted octanol–water partition coefficient (Wildman–Crippen LogP) is 2.75. The Balaban J connectivity index is 1.37. The van der Waals surface area contributed by atoms with E-state index in [0.717, 1.165) is 24.3 Å². The van der Waals surface area contributed by atoms with E-state index in [4.69, 9.17) is 4.74 Å². The van der Waals surface area contributed by atoms with E-state index in [0.29, 0.717) is 27.9 Å². The Morgan fingerprint density at radius 1 is 1.32 bits per heavy atom. The number of carbonyl (C=O) groups is 1. The van der Waals surface area contributed by atoms with Crippen molar-refractivity contribution in [3.63, 3.8) is 0 Å². The van der Waals surface area contributed by atoms with E-state index in [9.17, 15) is 9.90 Å². The van der Waals surface area contributed by atoms with Crippen LogP contribution >= 0.6 is 15.9 Å². The Morgan fingerprint density at radius 3 is 2.57 bits per heavy atom. The van der Waals surface area contributed by atoms with Crippen molar-refractivity contribution in [2.75, 3.05) is 26.7 Å². The van der Waals surface area contributed by atoms with Crippen LogP contribution in [0, 0.1) is 23.2 Å². The van der Waals surface area contributed by atoms with Gasteiger partial charge in [-0.05, 0) is 84.7 Å². The van der Waals surface area contributed by atoms with Gasteiger partial charge in [-0.25, -0.2) is 4.98 Å². The molecule has 4 fully saturated rings. The van der Waals surface area contributed by atoms with Gasteiger partial charge in [0.15, 0.2) is 0 Å². The molecule has 1 aromatic rings. The molecule has 1 atom stereocenters. The highest BCUT2D eigenvalue weighted by Crippen LogP contribution is 2.59. The van der Waals surface area contributed by atoms with Gasteiger partial charge in [-0.3, -0.25) is 4.79 Å². The SMILES string of the molecule is CNCC(O)COc1cc(C(=O)NCC23CC4CC(CC(C4)C2)C3)c(Br)cn1. The zero-order chi connectivity index (χ0) is 19.7. The minimum absolute atomic E-state index is 0.0920. The number of halogens is 1. The third-order valence-electron chi connectivity index (χ3n) is 6.73. The van der Waals surface area contributed by atoms with E-state index in [1.54, 1.807) is 19.3 Å². The largest absolute Gasteiger partial charge is 0.475 e. The van der Waals surface area contributed by atoms with Gasteiger partial charge in [0.2, 0.25) is 5.88 Å². The molecule has 1 unspecified atom stereocenters. The summed E-state index contributed by atoms with van der Waals surface area (Å²) < 4.78 is 6.19. The Hall–Kier alpha value is -1.18. The van der Waals surface area contributed by atoms with Crippen molar-refractivity contribution < 1.29 is 14.6 Å². The number of ether oxygens (including phenoxy) is 1. The fourth-order valence-electron chi connectivity index (χ4n) is 6.02. The van der Waals surface area contributed by atoms with Crippen LogP contribution in [0.2, 0.25) is 0 Å². The van der Waals surface area contributed by atoms with Gasteiger partial charge in [-0.2, -0.15) is 0 Å². The van der Waals surface area contributed by atoms with Crippen LogP contribution in [0.3, 0.4) is 0 Å². The number of aliphatic hydroxyl groups is 1. The van der Waals surface area contributed by atoms with E-state index in [-0.39, 0.29) is 12.5 Å². The standard InChI is InChI=1S/C21H30BrN3O3/c1-23-9-16(26)11-28-19-5-17(18(22)10-24-19)20(27)25-12-21-6-13-2-14(7-21)4-15(3-13)8-21/h5,10,13-16,23,26H,2-4,6-9,11-12H2,1H3,(H,25,27). The topological polar surface area (TPSA) is 83.5 Å². The van der Waals surface area contributed by atoms with Crippen LogP contribution in [-0.2, 0) is 0 Å². The molecular weight excluding hydrogens is 422 g/mol. The summed E-state index contributed by atoms with van der Waals surface area (Å²) >= 11 is 3.43. The molecule has 1 aromatic heterocycles. The summed E-state index contributed by atoms with van der Waals surface area (Å²) in [7, 11) is 1.77. The van der Waals surface area contributed by atoms with E-state index in [2.05, 4.69) is 31.5 Å². The maximum atomic E-state index is 12.9. The van der Waals surface area contributed by atoms with Gasteiger partial charge in [0.05, 0.1) is 5.56 Å². The van der Waals surface area contributed by atoms with Crippen LogP contribution < -0.4 is 15.4 Å². The molecule has 0 radical (unpaired) electrons. The van der Waals surface area contributed by atoms with Crippen molar-refractivity contribution in [2.45, 2.75) is 44.6 Å². The van der Waals surface area contributed by atoms with E-state index in [1.807, 2.05) is 0 Å². The van der Waals surface area contributed by atoms with Crippen molar-refractivity contribution in [2.24, 2.45) is 23.2 Å². The van der Waals surface area contributed by atoms with Crippen LogP contribution in [0.5, 0.6) is 5.88 Å². The van der Waals surface area contributed by atoms with Gasteiger partial charge in [-0.15, -0.1) is 0 Å². The Kier molecular flexibility index (Phi) is 5.95. The predicted molar refractivity (Wildman–Crippen MR) is 110 cm³/mol. The number of amides is 1. The summed E-state index contributed by atoms with van der Waals surface area (Å²) in [4.78, 5) is 17.1. The van der Waals surface area contributed by atoms with Crippen LogP contribution in [0.15, 0.2) is 16.7 Å². The second-order valence-corrected chi connectivity index (χ2v) is 9.98. The fraction of sp³-hybridized carbons (Fsp3) is 0.714. The highest BCUT2D eigenvalue weighted by Gasteiger charge is 2.50. The van der Waals surface area contributed by atoms with Gasteiger partial charge in [0.1, 0.15) is 12.7 Å². The van der Waals surface area contributed by atoms with Crippen LogP contribution in [-0.4, -0.2) is 48.8 Å². The highest BCUT2D eigenvalue weighted by molar-refractivity contribution is 9.10. The maximum Gasteiger partial charge on any atom is 0.252 e. The summed E-state index contributed by atoms with van der Waals surface area (Å²) in [5.41, 5.74) is 0.832. The van der Waals surface area contributed by atoms with E-state index in [1.165, 1.54) is 38.5 Å². The first-order chi connectivity index (χ1) is 13.5. The number of hydrogen-bond acceptors (Lipinski definition) is 5. The second-order valence-electron chi connectivity index (χ2n) is 9.13. The summed E-state index contributed by atoms with van der Waals surface area (Å²) in [6.45, 7) is 1.33. The van der Waals surface area contributed by atoms with Crippen molar-refractivity contribution in [1.82, 2.24) is 15.6 Å². The first-order valence-electron chi connectivity index (χ1n) is 10.4. The number of aliphatic hydroxyl groups excluding tert-OH is 1. The molecule has 28 heavy (non-hydrogen) atoms. The van der Waals surface area contributed by atoms with Crippen molar-refractivity contribution >= 4 is 21.8 Å². The number of aromatic nitrogens is 1. The Bertz CT molecular complexity index is 692. The molecule has 4 aliphatic rings. The molecule has 6 nitrogen and oxygen atoms in total. The lowest BCUT2D eigenvalue weighted by Gasteiger charge is -2.56. The molecule has 0 spiro atoms. The molecule has 1 amide bonds. The minimum atomic E-state index is -0.621. The Morgan fingerprint density at radius 2 is 1.96 bits per heavy atom. The molecule has 4 saturated carbocycles. The summed E-state index contributed by atoms with van der Waals surface area (Å²) in [5.74, 6) is 2.88. The lowest BCUT2D eigenvalue weighted by Crippen LogP contribution is -2.51. The number of nitrogens with one attached hydrogen (secondary N) is 2. The van der Waals surface area contributed by atoms with Gasteiger partial charge >= 0.3 is 0 Å². The molecule has 0 saturated heterocycles. The normalized spacial score (nSPS) is 31.6. The molecule has 154 valence electrons.